The van der Waals surface area contributed by atoms with Gasteiger partial charge in [-0.05, 0) is 72.9 Å². The highest BCUT2D eigenvalue weighted by Crippen LogP contribution is 2.44. The van der Waals surface area contributed by atoms with Crippen molar-refractivity contribution < 1.29 is 9.34 Å². The molecule has 8 nitrogen and oxygen atoms in total. The Labute approximate surface area is 249 Å². The van der Waals surface area contributed by atoms with Crippen molar-refractivity contribution in [1.82, 2.24) is 10.3 Å². The Morgan fingerprint density at radius 3 is 2.56 bits per heavy atom. The number of thiocarbonyl (C=S) groups is 1. The first-order valence-corrected chi connectivity index (χ1v) is 14.5. The van der Waals surface area contributed by atoms with E-state index >= 15 is 0 Å². The van der Waals surface area contributed by atoms with Crippen molar-refractivity contribution in [2.75, 3.05) is 22.9 Å². The van der Waals surface area contributed by atoms with Crippen LogP contribution in [0.5, 0.6) is 0 Å². The summed E-state index contributed by atoms with van der Waals surface area (Å²) in [5.74, 6) is 2.39. The van der Waals surface area contributed by atoms with Gasteiger partial charge in [0.2, 0.25) is 0 Å². The molecular weight excluding hydrogens is 558 g/mol. The van der Waals surface area contributed by atoms with Crippen molar-refractivity contribution in [1.29, 1.82) is 0 Å². The van der Waals surface area contributed by atoms with Crippen LogP contribution in [0.3, 0.4) is 0 Å². The van der Waals surface area contributed by atoms with Crippen molar-refractivity contribution in [2.45, 2.75) is 32.4 Å². The van der Waals surface area contributed by atoms with Crippen molar-refractivity contribution in [3.8, 4) is 11.3 Å². The second-order valence-corrected chi connectivity index (χ2v) is 11.8. The predicted molar refractivity (Wildman–Crippen MR) is 165 cm³/mol. The fourth-order valence-electron chi connectivity index (χ4n) is 6.12. The number of halogens is 1. The Morgan fingerprint density at radius 2 is 1.85 bits per heavy atom. The van der Waals surface area contributed by atoms with Gasteiger partial charge in [0, 0.05) is 42.7 Å². The third kappa shape index (κ3) is 5.39. The fraction of sp³-hybridized carbons (Fsp3) is 0.290. The predicted octanol–water partition coefficient (Wildman–Crippen LogP) is 7.56. The summed E-state index contributed by atoms with van der Waals surface area (Å²) in [5, 5.41) is 16.0. The van der Waals surface area contributed by atoms with E-state index in [1.165, 1.54) is 18.6 Å². The van der Waals surface area contributed by atoms with E-state index in [2.05, 4.69) is 41.2 Å². The first-order chi connectivity index (χ1) is 19.8. The van der Waals surface area contributed by atoms with E-state index in [0.29, 0.717) is 39.1 Å². The lowest BCUT2D eigenvalue weighted by Gasteiger charge is -2.37. The molecule has 4 unspecified atom stereocenters. The van der Waals surface area contributed by atoms with E-state index < -0.39 is 4.92 Å². The van der Waals surface area contributed by atoms with E-state index in [4.69, 9.17) is 28.2 Å². The average Bonchev–Trinajstić information content (AvgIpc) is 3.57. The summed E-state index contributed by atoms with van der Waals surface area (Å²) < 4.78 is 6.38. The molecule has 41 heavy (non-hydrogen) atoms. The number of pyridine rings is 1. The van der Waals surface area contributed by atoms with E-state index in [-0.39, 0.29) is 17.8 Å². The zero-order valence-electron chi connectivity index (χ0n) is 22.7. The summed E-state index contributed by atoms with van der Waals surface area (Å²) in [4.78, 5) is 19.9. The minimum absolute atomic E-state index is 0.00405. The van der Waals surface area contributed by atoms with E-state index in [1.807, 2.05) is 41.3 Å². The summed E-state index contributed by atoms with van der Waals surface area (Å²) in [6, 6.07) is 21.3. The highest BCUT2D eigenvalue weighted by atomic mass is 35.5. The quantitative estimate of drug-likeness (QED) is 0.140. The van der Waals surface area contributed by atoms with Gasteiger partial charge in [-0.15, -0.1) is 0 Å². The van der Waals surface area contributed by atoms with Crippen LogP contribution >= 0.6 is 23.8 Å². The molecule has 2 saturated heterocycles. The number of nitro benzene ring substituents is 1. The smallest absolute Gasteiger partial charge is 0.270 e. The lowest BCUT2D eigenvalue weighted by atomic mass is 9.91. The number of aromatic nitrogens is 1. The molecule has 2 aromatic heterocycles. The van der Waals surface area contributed by atoms with E-state index in [9.17, 15) is 10.1 Å². The van der Waals surface area contributed by atoms with Crippen LogP contribution in [0, 0.1) is 22.0 Å². The number of hydrogen-bond acceptors (Lipinski definition) is 6. The van der Waals surface area contributed by atoms with Gasteiger partial charge >= 0.3 is 0 Å². The SMILES string of the molecule is CC1CC(C)CN(c2ccc(N3C(=S)NC(c4ccccn4)C3c3ccc(-c4cccc([N+](=O)[O-])c4)o3)cc2Cl)C1. The molecule has 0 bridgehead atoms. The summed E-state index contributed by atoms with van der Waals surface area (Å²) in [6.45, 7) is 6.52. The normalized spacial score (nSPS) is 22.6. The summed E-state index contributed by atoms with van der Waals surface area (Å²) in [5.41, 5.74) is 3.30. The molecule has 210 valence electrons. The molecule has 4 heterocycles. The minimum atomic E-state index is -0.413. The van der Waals surface area contributed by atoms with Crippen molar-refractivity contribution in [2.24, 2.45) is 11.8 Å². The number of non-ortho nitro benzene ring substituents is 1. The number of piperidine rings is 1. The number of rotatable bonds is 6. The molecule has 10 heteroatoms. The summed E-state index contributed by atoms with van der Waals surface area (Å²) >= 11 is 12.8. The Bertz CT molecular complexity index is 1590. The van der Waals surface area contributed by atoms with Gasteiger partial charge in [0.15, 0.2) is 5.11 Å². The highest BCUT2D eigenvalue weighted by molar-refractivity contribution is 7.80. The van der Waals surface area contributed by atoms with E-state index in [0.717, 1.165) is 30.2 Å². The van der Waals surface area contributed by atoms with Crippen molar-refractivity contribution in [3.63, 3.8) is 0 Å². The topological polar surface area (TPSA) is 87.7 Å². The van der Waals surface area contributed by atoms with Crippen LogP contribution < -0.4 is 15.1 Å². The Hall–Kier alpha value is -3.95. The lowest BCUT2D eigenvalue weighted by Crippen LogP contribution is -2.38. The number of furan rings is 1. The second-order valence-electron chi connectivity index (χ2n) is 11.0. The number of nitro groups is 1. The van der Waals surface area contributed by atoms with Gasteiger partial charge in [0.1, 0.15) is 17.6 Å². The maximum absolute atomic E-state index is 11.3. The number of nitrogens with zero attached hydrogens (tertiary/aromatic N) is 4. The molecule has 4 atom stereocenters. The zero-order valence-corrected chi connectivity index (χ0v) is 24.3. The Kier molecular flexibility index (Phi) is 7.40. The van der Waals surface area contributed by atoms with Crippen LogP contribution in [0.4, 0.5) is 17.1 Å². The van der Waals surface area contributed by atoms with Gasteiger partial charge in [-0.2, -0.15) is 0 Å². The first-order valence-electron chi connectivity index (χ1n) is 13.7. The lowest BCUT2D eigenvalue weighted by molar-refractivity contribution is -0.384. The van der Waals surface area contributed by atoms with Crippen LogP contribution in [-0.4, -0.2) is 28.1 Å². The van der Waals surface area contributed by atoms with Gasteiger partial charge in [-0.25, -0.2) is 0 Å². The van der Waals surface area contributed by atoms with Gasteiger partial charge < -0.3 is 19.5 Å². The first kappa shape index (κ1) is 27.2. The maximum Gasteiger partial charge on any atom is 0.270 e. The third-order valence-electron chi connectivity index (χ3n) is 7.78. The minimum Gasteiger partial charge on any atom is -0.459 e. The van der Waals surface area contributed by atoms with Gasteiger partial charge in [0.25, 0.3) is 5.69 Å². The van der Waals surface area contributed by atoms with Crippen molar-refractivity contribution >= 4 is 46.0 Å². The fourth-order valence-corrected chi connectivity index (χ4v) is 6.76. The van der Waals surface area contributed by atoms with Crippen LogP contribution in [0.15, 0.2) is 83.4 Å². The molecule has 0 aliphatic carbocycles. The number of nitrogens with one attached hydrogen (secondary N) is 1. The standard InChI is InChI=1S/C31H30ClN5O3S/c1-19-14-20(2)18-35(17-19)26-10-9-22(16-24(26)32)36-30(29(34-31(36)41)25-8-3-4-13-33-25)28-12-11-27(40-28)21-6-5-7-23(15-21)37(38)39/h3-13,15-16,19-20,29-30H,14,17-18H2,1-2H3,(H,34,41). The number of anilines is 2. The molecule has 0 radical (unpaired) electrons. The molecular formula is C31H30ClN5O3S. The van der Waals surface area contributed by atoms with E-state index in [1.54, 1.807) is 18.3 Å². The largest absolute Gasteiger partial charge is 0.459 e. The van der Waals surface area contributed by atoms with Gasteiger partial charge in [-0.3, -0.25) is 15.1 Å². The molecule has 0 amide bonds. The maximum atomic E-state index is 11.3. The molecule has 6 rings (SSSR count). The highest BCUT2D eigenvalue weighted by Gasteiger charge is 2.43. The third-order valence-corrected chi connectivity index (χ3v) is 8.39. The average molecular weight is 588 g/mol. The van der Waals surface area contributed by atoms with Crippen LogP contribution in [0.1, 0.15) is 43.8 Å². The van der Waals surface area contributed by atoms with Crippen molar-refractivity contribution in [3.05, 3.63) is 106 Å². The van der Waals surface area contributed by atoms with Gasteiger partial charge in [-0.1, -0.05) is 43.6 Å². The molecule has 2 aliphatic heterocycles. The molecule has 0 saturated carbocycles. The Balaban J connectivity index is 1.38. The molecule has 2 fully saturated rings. The molecule has 4 aromatic rings. The summed E-state index contributed by atoms with van der Waals surface area (Å²) in [7, 11) is 0. The van der Waals surface area contributed by atoms with Crippen LogP contribution in [0.2, 0.25) is 5.02 Å². The number of benzene rings is 2. The monoisotopic (exact) mass is 587 g/mol. The van der Waals surface area contributed by atoms with Crippen LogP contribution in [0.25, 0.3) is 11.3 Å². The Morgan fingerprint density at radius 1 is 1.05 bits per heavy atom. The van der Waals surface area contributed by atoms with Gasteiger partial charge in [0.05, 0.1) is 27.4 Å². The second kappa shape index (κ2) is 11.1. The summed E-state index contributed by atoms with van der Waals surface area (Å²) in [6.07, 6.45) is 2.97. The molecule has 2 aliphatic rings. The zero-order chi connectivity index (χ0) is 28.7. The van der Waals surface area contributed by atoms with Crippen LogP contribution in [-0.2, 0) is 0 Å². The molecule has 0 spiro atoms. The number of hydrogen-bond donors (Lipinski definition) is 1. The molecule has 1 N–H and O–H groups in total. The molecule has 2 aromatic carbocycles.